The first kappa shape index (κ1) is 13.1. The maximum absolute atomic E-state index is 11.1. The zero-order chi connectivity index (χ0) is 9.14. The molecule has 0 amide bonds. The van der Waals surface area contributed by atoms with Crippen LogP contribution in [0.2, 0.25) is 0 Å². The monoisotopic (exact) mass is 206 g/mol. The molecule has 0 aliphatic rings. The molecule has 0 aromatic heterocycles. The Hall–Kier alpha value is 0.126. The van der Waals surface area contributed by atoms with Gasteiger partial charge in [0.05, 0.1) is 5.56 Å². The number of carbonyl (C=O) groups excluding carboxylic acids is 1. The minimum absolute atomic E-state index is 0. The van der Waals surface area contributed by atoms with E-state index in [1.54, 1.807) is 6.92 Å². The van der Waals surface area contributed by atoms with Crippen molar-refractivity contribution in [3.8, 4) is 11.5 Å². The minimum atomic E-state index is -0.165. The fourth-order valence-corrected chi connectivity index (χ4v) is 0.946. The third kappa shape index (κ3) is 3.40. The fraction of sp³-hybridized carbons (Fsp3) is 0.222. The van der Waals surface area contributed by atoms with E-state index in [1.165, 1.54) is 12.1 Å². The summed E-state index contributed by atoms with van der Waals surface area (Å²) in [6, 6.07) is 3.95. The molecular formula is C9H11KO3. The summed E-state index contributed by atoms with van der Waals surface area (Å²) in [7, 11) is 0. The number of phenolic OH excluding ortho intramolecular Hbond substituents is 2. The summed E-state index contributed by atoms with van der Waals surface area (Å²) in [5.74, 6) is -0.338. The second-order valence-corrected chi connectivity index (χ2v) is 2.48. The van der Waals surface area contributed by atoms with Crippen LogP contribution in [0.5, 0.6) is 11.5 Å². The largest absolute Gasteiger partial charge is 1.00 e. The summed E-state index contributed by atoms with van der Waals surface area (Å²) in [5, 5.41) is 18.1. The Balaban J connectivity index is 0. The van der Waals surface area contributed by atoms with Gasteiger partial charge in [-0.1, -0.05) is 6.92 Å². The summed E-state index contributed by atoms with van der Waals surface area (Å²) >= 11 is 0. The second kappa shape index (κ2) is 5.77. The van der Waals surface area contributed by atoms with Gasteiger partial charge in [0.1, 0.15) is 11.5 Å². The van der Waals surface area contributed by atoms with Gasteiger partial charge in [0.25, 0.3) is 0 Å². The van der Waals surface area contributed by atoms with E-state index in [-0.39, 0.29) is 75.7 Å². The quantitative estimate of drug-likeness (QED) is 0.472. The normalized spacial score (nSPS) is 9.00. The number of hydrogen-bond acceptors (Lipinski definition) is 3. The molecule has 4 heteroatoms. The Labute approximate surface area is 121 Å². The molecule has 0 radical (unpaired) electrons. The van der Waals surface area contributed by atoms with Crippen LogP contribution in [-0.4, -0.2) is 16.0 Å². The number of phenols is 2. The summed E-state index contributed by atoms with van der Waals surface area (Å²) in [5.41, 5.74) is 0.260. The van der Waals surface area contributed by atoms with Crippen molar-refractivity contribution in [2.75, 3.05) is 0 Å². The van der Waals surface area contributed by atoms with Gasteiger partial charge in [0, 0.05) is 12.5 Å². The topological polar surface area (TPSA) is 57.5 Å². The van der Waals surface area contributed by atoms with Crippen molar-refractivity contribution in [1.82, 2.24) is 0 Å². The maximum atomic E-state index is 11.1. The van der Waals surface area contributed by atoms with Crippen LogP contribution in [0.3, 0.4) is 0 Å². The zero-order valence-corrected chi connectivity index (χ0v) is 10.9. The van der Waals surface area contributed by atoms with Crippen LogP contribution in [0, 0.1) is 0 Å². The third-order valence-corrected chi connectivity index (χ3v) is 1.60. The van der Waals surface area contributed by atoms with E-state index < -0.39 is 0 Å². The molecule has 3 nitrogen and oxygen atoms in total. The molecule has 2 N–H and O–H groups in total. The molecule has 1 aromatic carbocycles. The number of benzene rings is 1. The molecule has 1 rings (SSSR count). The van der Waals surface area contributed by atoms with Crippen molar-refractivity contribution in [3.05, 3.63) is 23.8 Å². The van der Waals surface area contributed by atoms with Crippen molar-refractivity contribution in [2.24, 2.45) is 0 Å². The second-order valence-electron chi connectivity index (χ2n) is 2.48. The van der Waals surface area contributed by atoms with Crippen LogP contribution in [0.1, 0.15) is 25.1 Å². The van der Waals surface area contributed by atoms with Crippen LogP contribution in [-0.2, 0) is 0 Å². The van der Waals surface area contributed by atoms with Gasteiger partial charge in [-0.25, -0.2) is 0 Å². The van der Waals surface area contributed by atoms with Crippen molar-refractivity contribution >= 4 is 5.78 Å². The molecular weight excluding hydrogens is 195 g/mol. The zero-order valence-electron chi connectivity index (χ0n) is 8.74. The average molecular weight is 206 g/mol. The predicted molar refractivity (Wildman–Crippen MR) is 45.5 cm³/mol. The van der Waals surface area contributed by atoms with Gasteiger partial charge in [-0.05, 0) is 12.1 Å². The molecule has 13 heavy (non-hydrogen) atoms. The minimum Gasteiger partial charge on any atom is -1.00 e. The van der Waals surface area contributed by atoms with Gasteiger partial charge in [-0.15, -0.1) is 0 Å². The van der Waals surface area contributed by atoms with Crippen molar-refractivity contribution < 1.29 is 67.8 Å². The SMILES string of the molecule is CCC(=O)c1ccc(O)cc1O.[H-].[K+]. The molecule has 1 aromatic rings. The van der Waals surface area contributed by atoms with Gasteiger partial charge in [0.2, 0.25) is 0 Å². The van der Waals surface area contributed by atoms with E-state index in [4.69, 9.17) is 5.11 Å². The summed E-state index contributed by atoms with van der Waals surface area (Å²) < 4.78 is 0. The van der Waals surface area contributed by atoms with Gasteiger partial charge in [-0.2, -0.15) is 0 Å². The van der Waals surface area contributed by atoms with Gasteiger partial charge in [0.15, 0.2) is 5.78 Å². The van der Waals surface area contributed by atoms with E-state index in [2.05, 4.69) is 0 Å². The Morgan fingerprint density at radius 2 is 2.08 bits per heavy atom. The van der Waals surface area contributed by atoms with Crippen LogP contribution < -0.4 is 51.4 Å². The van der Waals surface area contributed by atoms with E-state index in [1.807, 2.05) is 0 Å². The van der Waals surface area contributed by atoms with Crippen LogP contribution in [0.15, 0.2) is 18.2 Å². The molecule has 0 spiro atoms. The molecule has 0 fully saturated rings. The van der Waals surface area contributed by atoms with E-state index in [0.29, 0.717) is 6.42 Å². The first-order valence-electron chi connectivity index (χ1n) is 3.70. The molecule has 0 saturated carbocycles. The van der Waals surface area contributed by atoms with E-state index in [9.17, 15) is 9.90 Å². The number of Topliss-reactive ketones (excluding diaryl/α,β-unsaturated/α-hetero) is 1. The molecule has 0 atom stereocenters. The predicted octanol–water partition coefficient (Wildman–Crippen LogP) is -1.19. The standard InChI is InChI=1S/C9H10O3.K.H/c1-2-8(11)7-4-3-6(10)5-9(7)12;;/h3-5,10,12H,2H2,1H3;;/q;+1;-1. The first-order chi connectivity index (χ1) is 5.65. The van der Waals surface area contributed by atoms with E-state index >= 15 is 0 Å². The average Bonchev–Trinajstić information content (AvgIpc) is 2.03. The smallest absolute Gasteiger partial charge is 1.00 e. The molecule has 0 aliphatic carbocycles. The van der Waals surface area contributed by atoms with Gasteiger partial charge >= 0.3 is 51.4 Å². The molecule has 66 valence electrons. The molecule has 0 heterocycles. The Bertz CT molecular complexity index is 315. The number of rotatable bonds is 2. The van der Waals surface area contributed by atoms with Crippen LogP contribution >= 0.6 is 0 Å². The van der Waals surface area contributed by atoms with E-state index in [0.717, 1.165) is 6.07 Å². The maximum Gasteiger partial charge on any atom is 1.00 e. The van der Waals surface area contributed by atoms with Crippen LogP contribution in [0.4, 0.5) is 0 Å². The number of ketones is 1. The Morgan fingerprint density at radius 1 is 1.46 bits per heavy atom. The third-order valence-electron chi connectivity index (χ3n) is 1.60. The molecule has 0 saturated heterocycles. The number of aromatic hydroxyl groups is 2. The number of carbonyl (C=O) groups is 1. The Kier molecular flexibility index (Phi) is 5.83. The molecule has 0 unspecified atom stereocenters. The summed E-state index contributed by atoms with van der Waals surface area (Å²) in [6.45, 7) is 1.72. The van der Waals surface area contributed by atoms with Crippen LogP contribution in [0.25, 0.3) is 0 Å². The number of hydrogen-bond donors (Lipinski definition) is 2. The molecule has 0 bridgehead atoms. The van der Waals surface area contributed by atoms with Gasteiger partial charge < -0.3 is 11.6 Å². The summed E-state index contributed by atoms with van der Waals surface area (Å²) in [4.78, 5) is 11.1. The Morgan fingerprint density at radius 3 is 2.54 bits per heavy atom. The molecule has 0 aliphatic heterocycles. The fourth-order valence-electron chi connectivity index (χ4n) is 0.946. The van der Waals surface area contributed by atoms with Gasteiger partial charge in [-0.3, -0.25) is 4.79 Å². The summed E-state index contributed by atoms with van der Waals surface area (Å²) in [6.07, 6.45) is 0.346. The van der Waals surface area contributed by atoms with Crippen molar-refractivity contribution in [2.45, 2.75) is 13.3 Å². The van der Waals surface area contributed by atoms with Crippen molar-refractivity contribution in [1.29, 1.82) is 0 Å². The first-order valence-corrected chi connectivity index (χ1v) is 3.70. The van der Waals surface area contributed by atoms with Crippen molar-refractivity contribution in [3.63, 3.8) is 0 Å².